The smallest absolute Gasteiger partial charge is 0.261 e. The SMILES string of the molecule is COCCCN1C(=O)c2ccc(C(=O)Nc3ccc4c(c3)OCCCO4)cc2C1=O. The van der Waals surface area contributed by atoms with E-state index in [4.69, 9.17) is 14.2 Å². The average molecular weight is 410 g/mol. The van der Waals surface area contributed by atoms with E-state index in [-0.39, 0.29) is 23.9 Å². The molecule has 0 saturated heterocycles. The van der Waals surface area contributed by atoms with Gasteiger partial charge in [-0.2, -0.15) is 0 Å². The molecule has 2 heterocycles. The van der Waals surface area contributed by atoms with Gasteiger partial charge >= 0.3 is 0 Å². The van der Waals surface area contributed by atoms with E-state index in [0.717, 1.165) is 6.42 Å². The van der Waals surface area contributed by atoms with Gasteiger partial charge in [0.2, 0.25) is 0 Å². The molecule has 2 aliphatic heterocycles. The standard InChI is InChI=1S/C22H22N2O6/c1-28-9-2-8-24-21(26)16-6-4-14(12-17(16)22(24)27)20(25)23-15-5-7-18-19(13-15)30-11-3-10-29-18/h4-7,12-13H,2-3,8-11H2,1H3,(H,23,25). The number of nitrogens with zero attached hydrogens (tertiary/aromatic N) is 1. The van der Waals surface area contributed by atoms with E-state index >= 15 is 0 Å². The zero-order valence-electron chi connectivity index (χ0n) is 16.6. The van der Waals surface area contributed by atoms with Crippen molar-refractivity contribution in [1.82, 2.24) is 4.90 Å². The zero-order chi connectivity index (χ0) is 21.1. The fourth-order valence-electron chi connectivity index (χ4n) is 3.45. The predicted octanol–water partition coefficient (Wildman–Crippen LogP) is 2.73. The van der Waals surface area contributed by atoms with Crippen LogP contribution in [0.15, 0.2) is 36.4 Å². The molecule has 0 atom stereocenters. The second-order valence-electron chi connectivity index (χ2n) is 7.03. The van der Waals surface area contributed by atoms with E-state index in [1.807, 2.05) is 0 Å². The number of hydrogen-bond acceptors (Lipinski definition) is 6. The molecule has 1 N–H and O–H groups in total. The van der Waals surface area contributed by atoms with Crippen molar-refractivity contribution in [2.24, 2.45) is 0 Å². The van der Waals surface area contributed by atoms with Crippen molar-refractivity contribution in [2.45, 2.75) is 12.8 Å². The van der Waals surface area contributed by atoms with Crippen LogP contribution in [0.4, 0.5) is 5.69 Å². The molecule has 8 heteroatoms. The first-order valence-corrected chi connectivity index (χ1v) is 9.78. The van der Waals surface area contributed by atoms with Gasteiger partial charge in [0.1, 0.15) is 0 Å². The molecule has 3 amide bonds. The molecule has 156 valence electrons. The van der Waals surface area contributed by atoms with Gasteiger partial charge < -0.3 is 19.5 Å². The zero-order valence-corrected chi connectivity index (χ0v) is 16.6. The first-order chi connectivity index (χ1) is 14.6. The molecule has 0 aromatic heterocycles. The Morgan fingerprint density at radius 1 is 1.03 bits per heavy atom. The fraction of sp³-hybridized carbons (Fsp3) is 0.318. The summed E-state index contributed by atoms with van der Waals surface area (Å²) in [6, 6.07) is 9.71. The molecule has 0 unspecified atom stereocenters. The first-order valence-electron chi connectivity index (χ1n) is 9.78. The fourth-order valence-corrected chi connectivity index (χ4v) is 3.45. The van der Waals surface area contributed by atoms with Crippen molar-refractivity contribution in [2.75, 3.05) is 38.8 Å². The monoisotopic (exact) mass is 410 g/mol. The highest BCUT2D eigenvalue weighted by molar-refractivity contribution is 6.22. The number of nitrogens with one attached hydrogen (secondary N) is 1. The van der Waals surface area contributed by atoms with Gasteiger partial charge in [0.25, 0.3) is 17.7 Å². The molecule has 30 heavy (non-hydrogen) atoms. The minimum atomic E-state index is -0.392. The molecule has 4 rings (SSSR count). The van der Waals surface area contributed by atoms with Crippen molar-refractivity contribution in [1.29, 1.82) is 0 Å². The van der Waals surface area contributed by atoms with Gasteiger partial charge in [-0.3, -0.25) is 19.3 Å². The van der Waals surface area contributed by atoms with Crippen molar-refractivity contribution >= 4 is 23.4 Å². The lowest BCUT2D eigenvalue weighted by Crippen LogP contribution is -2.31. The minimum Gasteiger partial charge on any atom is -0.490 e. The Kier molecular flexibility index (Phi) is 5.67. The molecule has 0 fully saturated rings. The number of imide groups is 1. The van der Waals surface area contributed by atoms with Crippen molar-refractivity contribution < 1.29 is 28.6 Å². The van der Waals surface area contributed by atoms with Gasteiger partial charge in [0.15, 0.2) is 11.5 Å². The number of amides is 3. The van der Waals surface area contributed by atoms with Crippen molar-refractivity contribution in [3.05, 3.63) is 53.1 Å². The van der Waals surface area contributed by atoms with E-state index in [9.17, 15) is 14.4 Å². The van der Waals surface area contributed by atoms with E-state index in [1.54, 1.807) is 31.4 Å². The number of anilines is 1. The van der Waals surface area contributed by atoms with Gasteiger partial charge in [-0.1, -0.05) is 0 Å². The third kappa shape index (κ3) is 3.86. The Morgan fingerprint density at radius 3 is 2.60 bits per heavy atom. The minimum absolute atomic E-state index is 0.240. The Balaban J connectivity index is 1.50. The van der Waals surface area contributed by atoms with Gasteiger partial charge in [-0.15, -0.1) is 0 Å². The molecule has 2 aromatic rings. The van der Waals surface area contributed by atoms with Crippen LogP contribution in [0.2, 0.25) is 0 Å². The van der Waals surface area contributed by atoms with Gasteiger partial charge in [-0.25, -0.2) is 0 Å². The lowest BCUT2D eigenvalue weighted by atomic mass is 10.1. The predicted molar refractivity (Wildman–Crippen MR) is 108 cm³/mol. The number of methoxy groups -OCH3 is 1. The average Bonchev–Trinajstić information content (AvgIpc) is 2.91. The van der Waals surface area contributed by atoms with E-state index in [0.29, 0.717) is 54.6 Å². The summed E-state index contributed by atoms with van der Waals surface area (Å²) in [7, 11) is 1.57. The van der Waals surface area contributed by atoms with Crippen LogP contribution in [0, 0.1) is 0 Å². The normalized spacial score (nSPS) is 15.0. The van der Waals surface area contributed by atoms with Gasteiger partial charge in [0, 0.05) is 44.0 Å². The van der Waals surface area contributed by atoms with E-state index in [1.165, 1.54) is 17.0 Å². The van der Waals surface area contributed by atoms with Crippen molar-refractivity contribution in [3.63, 3.8) is 0 Å². The highest BCUT2D eigenvalue weighted by Crippen LogP contribution is 2.32. The quantitative estimate of drug-likeness (QED) is 0.581. The van der Waals surface area contributed by atoms with Crippen LogP contribution in [-0.4, -0.2) is 56.1 Å². The Hall–Kier alpha value is -3.39. The summed E-state index contributed by atoms with van der Waals surface area (Å²) in [5.74, 6) is 0.0927. The van der Waals surface area contributed by atoms with Crippen LogP contribution in [0.25, 0.3) is 0 Å². The largest absolute Gasteiger partial charge is 0.490 e. The molecule has 0 saturated carbocycles. The number of rotatable bonds is 6. The topological polar surface area (TPSA) is 94.2 Å². The third-order valence-electron chi connectivity index (χ3n) is 4.97. The van der Waals surface area contributed by atoms with Crippen LogP contribution in [0.3, 0.4) is 0 Å². The second-order valence-corrected chi connectivity index (χ2v) is 7.03. The molecule has 8 nitrogen and oxygen atoms in total. The number of benzene rings is 2. The number of fused-ring (bicyclic) bond motifs is 2. The number of ether oxygens (including phenoxy) is 3. The summed E-state index contributed by atoms with van der Waals surface area (Å²) in [6.07, 6.45) is 1.35. The molecular formula is C22H22N2O6. The maximum atomic E-state index is 12.7. The maximum Gasteiger partial charge on any atom is 0.261 e. The molecular weight excluding hydrogens is 388 g/mol. The summed E-state index contributed by atoms with van der Waals surface area (Å²) in [5.41, 5.74) is 1.39. The first kappa shape index (κ1) is 19.9. The molecule has 0 aliphatic carbocycles. The number of hydrogen-bond donors (Lipinski definition) is 1. The summed E-state index contributed by atoms with van der Waals surface area (Å²) >= 11 is 0. The molecule has 0 radical (unpaired) electrons. The molecule has 0 spiro atoms. The summed E-state index contributed by atoms with van der Waals surface area (Å²) in [6.45, 7) is 1.87. The number of carbonyl (C=O) groups is 3. The third-order valence-corrected chi connectivity index (χ3v) is 4.97. The highest BCUT2D eigenvalue weighted by atomic mass is 16.5. The molecule has 2 aromatic carbocycles. The summed E-state index contributed by atoms with van der Waals surface area (Å²) < 4.78 is 16.2. The molecule has 0 bridgehead atoms. The Bertz CT molecular complexity index is 1000. The Labute approximate surface area is 173 Å². The Morgan fingerprint density at radius 2 is 1.80 bits per heavy atom. The second kappa shape index (κ2) is 8.54. The van der Waals surface area contributed by atoms with Crippen LogP contribution in [0.1, 0.15) is 43.9 Å². The lowest BCUT2D eigenvalue weighted by Gasteiger charge is -2.12. The summed E-state index contributed by atoms with van der Waals surface area (Å²) in [5, 5.41) is 2.80. The van der Waals surface area contributed by atoms with Gasteiger partial charge in [0.05, 0.1) is 24.3 Å². The van der Waals surface area contributed by atoms with E-state index in [2.05, 4.69) is 5.32 Å². The van der Waals surface area contributed by atoms with Crippen LogP contribution >= 0.6 is 0 Å². The van der Waals surface area contributed by atoms with Crippen LogP contribution in [0.5, 0.6) is 11.5 Å². The lowest BCUT2D eigenvalue weighted by molar-refractivity contribution is 0.0638. The number of carbonyl (C=O) groups excluding carboxylic acids is 3. The van der Waals surface area contributed by atoms with Crippen LogP contribution < -0.4 is 14.8 Å². The van der Waals surface area contributed by atoms with Gasteiger partial charge in [-0.05, 0) is 36.8 Å². The van der Waals surface area contributed by atoms with Crippen LogP contribution in [-0.2, 0) is 4.74 Å². The highest BCUT2D eigenvalue weighted by Gasteiger charge is 2.35. The molecule has 2 aliphatic rings. The summed E-state index contributed by atoms with van der Waals surface area (Å²) in [4.78, 5) is 39.0. The van der Waals surface area contributed by atoms with E-state index < -0.39 is 5.91 Å². The van der Waals surface area contributed by atoms with Crippen molar-refractivity contribution in [3.8, 4) is 11.5 Å². The maximum absolute atomic E-state index is 12.7.